The number of aromatic nitrogens is 3. The Morgan fingerprint density at radius 2 is 2.16 bits per heavy atom. The number of nitrogens with two attached hydrogens (primary N) is 1. The first-order valence-electron chi connectivity index (χ1n) is 10.1. The summed E-state index contributed by atoms with van der Waals surface area (Å²) in [6.45, 7) is 7.49. The number of nitrogens with one attached hydrogen (secondary N) is 2. The molecular formula is C21H26N6O4. The smallest absolute Gasteiger partial charge is 0.407 e. The van der Waals surface area contributed by atoms with E-state index in [1.165, 1.54) is 6.33 Å². The van der Waals surface area contributed by atoms with Crippen LogP contribution >= 0.6 is 0 Å². The summed E-state index contributed by atoms with van der Waals surface area (Å²) in [5.41, 5.74) is 6.72. The second-order valence-electron chi connectivity index (χ2n) is 8.49. The van der Waals surface area contributed by atoms with Gasteiger partial charge in [0.1, 0.15) is 23.4 Å². The van der Waals surface area contributed by atoms with Crippen LogP contribution in [-0.4, -0.2) is 64.9 Å². The standard InChI is InChI=1S/C21H26N6O4/c1-21(2,3)31-20(29)23-9-13-10-27(6-7-30-13)19-16-14-5-4-12(17(22)28)8-15(14)26-18(16)24-11-25-19/h4-5,8,11,13H,6-7,9-10H2,1-3H3,(H2,22,28)(H,23,29)(H,24,25,26). The van der Waals surface area contributed by atoms with E-state index in [0.29, 0.717) is 37.5 Å². The number of alkyl carbamates (subject to hydrolysis) is 1. The molecular weight excluding hydrogens is 400 g/mol. The minimum absolute atomic E-state index is 0.210. The second-order valence-corrected chi connectivity index (χ2v) is 8.49. The molecule has 1 fully saturated rings. The average molecular weight is 426 g/mol. The maximum atomic E-state index is 12.0. The largest absolute Gasteiger partial charge is 0.444 e. The molecule has 1 aliphatic rings. The normalized spacial score (nSPS) is 17.1. The lowest BCUT2D eigenvalue weighted by atomic mass is 10.1. The summed E-state index contributed by atoms with van der Waals surface area (Å²) >= 11 is 0. The van der Waals surface area contributed by atoms with E-state index in [1.54, 1.807) is 12.1 Å². The van der Waals surface area contributed by atoms with Crippen LogP contribution in [0, 0.1) is 0 Å². The summed E-state index contributed by atoms with van der Waals surface area (Å²) in [5.74, 6) is 0.286. The molecule has 4 N–H and O–H groups in total. The minimum atomic E-state index is -0.556. The summed E-state index contributed by atoms with van der Waals surface area (Å²) in [5, 5.41) is 4.54. The van der Waals surface area contributed by atoms with Gasteiger partial charge in [-0.05, 0) is 32.9 Å². The van der Waals surface area contributed by atoms with Crippen LogP contribution in [0.1, 0.15) is 31.1 Å². The van der Waals surface area contributed by atoms with Crippen molar-refractivity contribution < 1.29 is 19.1 Å². The number of hydrogen-bond donors (Lipinski definition) is 3. The SMILES string of the molecule is CC(C)(C)OC(=O)NCC1CN(c2ncnc3[nH]c4cc(C(N)=O)ccc4c23)CCO1. The number of ether oxygens (including phenoxy) is 2. The zero-order valence-electron chi connectivity index (χ0n) is 17.8. The fourth-order valence-electron chi connectivity index (χ4n) is 3.65. The van der Waals surface area contributed by atoms with Gasteiger partial charge in [-0.2, -0.15) is 0 Å². The number of morpholine rings is 1. The Morgan fingerprint density at radius 1 is 1.35 bits per heavy atom. The molecule has 4 rings (SSSR count). The van der Waals surface area contributed by atoms with Crippen LogP contribution in [0.15, 0.2) is 24.5 Å². The maximum absolute atomic E-state index is 12.0. The van der Waals surface area contributed by atoms with Gasteiger partial charge in [0.05, 0.1) is 18.1 Å². The first-order valence-corrected chi connectivity index (χ1v) is 10.1. The van der Waals surface area contributed by atoms with Crippen LogP contribution in [0.4, 0.5) is 10.6 Å². The zero-order chi connectivity index (χ0) is 22.2. The van der Waals surface area contributed by atoms with Gasteiger partial charge in [0, 0.05) is 36.1 Å². The van der Waals surface area contributed by atoms with Gasteiger partial charge in [-0.15, -0.1) is 0 Å². The lowest BCUT2D eigenvalue weighted by Gasteiger charge is -2.34. The molecule has 1 aliphatic heterocycles. The van der Waals surface area contributed by atoms with E-state index in [2.05, 4.69) is 25.2 Å². The molecule has 31 heavy (non-hydrogen) atoms. The first kappa shape index (κ1) is 20.9. The highest BCUT2D eigenvalue weighted by molar-refractivity contribution is 6.12. The fraction of sp³-hybridized carbons (Fsp3) is 0.429. The Morgan fingerprint density at radius 3 is 2.90 bits per heavy atom. The number of aromatic amines is 1. The van der Waals surface area contributed by atoms with E-state index < -0.39 is 17.6 Å². The molecule has 10 heteroatoms. The van der Waals surface area contributed by atoms with Crippen molar-refractivity contribution in [3.63, 3.8) is 0 Å². The third-order valence-electron chi connectivity index (χ3n) is 4.97. The number of fused-ring (bicyclic) bond motifs is 3. The van der Waals surface area contributed by atoms with Crippen molar-refractivity contribution in [3.8, 4) is 0 Å². The number of carbonyl (C=O) groups is 2. The van der Waals surface area contributed by atoms with Gasteiger partial charge in [-0.25, -0.2) is 14.8 Å². The van der Waals surface area contributed by atoms with Crippen LogP contribution in [-0.2, 0) is 9.47 Å². The highest BCUT2D eigenvalue weighted by Gasteiger charge is 2.26. The molecule has 2 amide bonds. The van der Waals surface area contributed by atoms with Crippen LogP contribution in [0.5, 0.6) is 0 Å². The van der Waals surface area contributed by atoms with Gasteiger partial charge in [-0.3, -0.25) is 4.79 Å². The highest BCUT2D eigenvalue weighted by Crippen LogP contribution is 2.32. The third-order valence-corrected chi connectivity index (χ3v) is 4.97. The topological polar surface area (TPSA) is 135 Å². The van der Waals surface area contributed by atoms with Crippen molar-refractivity contribution in [1.82, 2.24) is 20.3 Å². The lowest BCUT2D eigenvalue weighted by Crippen LogP contribution is -2.48. The lowest BCUT2D eigenvalue weighted by molar-refractivity contribution is 0.0282. The van der Waals surface area contributed by atoms with Crippen LogP contribution in [0.3, 0.4) is 0 Å². The molecule has 1 atom stereocenters. The van der Waals surface area contributed by atoms with Gasteiger partial charge >= 0.3 is 6.09 Å². The summed E-state index contributed by atoms with van der Waals surface area (Å²) < 4.78 is 11.1. The molecule has 1 unspecified atom stereocenters. The monoisotopic (exact) mass is 426 g/mol. The zero-order valence-corrected chi connectivity index (χ0v) is 17.8. The number of anilines is 1. The van der Waals surface area contributed by atoms with Crippen molar-refractivity contribution in [3.05, 3.63) is 30.1 Å². The molecule has 10 nitrogen and oxygen atoms in total. The number of nitrogens with zero attached hydrogens (tertiary/aromatic N) is 3. The van der Waals surface area contributed by atoms with Crippen LogP contribution in [0.25, 0.3) is 21.9 Å². The highest BCUT2D eigenvalue weighted by atomic mass is 16.6. The fourth-order valence-corrected chi connectivity index (χ4v) is 3.65. The minimum Gasteiger partial charge on any atom is -0.444 e. The van der Waals surface area contributed by atoms with Crippen molar-refractivity contribution in [2.45, 2.75) is 32.5 Å². The Labute approximate surface area is 179 Å². The molecule has 1 saturated heterocycles. The molecule has 164 valence electrons. The number of rotatable bonds is 4. The number of hydrogen-bond acceptors (Lipinski definition) is 7. The van der Waals surface area contributed by atoms with Gasteiger partial charge < -0.3 is 30.4 Å². The average Bonchev–Trinajstić information content (AvgIpc) is 3.09. The maximum Gasteiger partial charge on any atom is 0.407 e. The predicted molar refractivity (Wildman–Crippen MR) is 116 cm³/mol. The first-order chi connectivity index (χ1) is 14.7. The number of amides is 2. The Kier molecular flexibility index (Phi) is 5.40. The molecule has 3 heterocycles. The molecule has 0 radical (unpaired) electrons. The summed E-state index contributed by atoms with van der Waals surface area (Å²) in [7, 11) is 0. The van der Waals surface area contributed by atoms with E-state index >= 15 is 0 Å². The Balaban J connectivity index is 1.56. The van der Waals surface area contributed by atoms with Crippen molar-refractivity contribution in [2.75, 3.05) is 31.1 Å². The van der Waals surface area contributed by atoms with E-state index in [-0.39, 0.29) is 6.10 Å². The summed E-state index contributed by atoms with van der Waals surface area (Å²) in [6, 6.07) is 5.26. The van der Waals surface area contributed by atoms with Gasteiger partial charge in [0.2, 0.25) is 5.91 Å². The third kappa shape index (κ3) is 4.53. The van der Waals surface area contributed by atoms with Gasteiger partial charge in [-0.1, -0.05) is 6.07 Å². The number of carbonyl (C=O) groups excluding carboxylic acids is 2. The van der Waals surface area contributed by atoms with Crippen LogP contribution < -0.4 is 16.0 Å². The van der Waals surface area contributed by atoms with E-state index in [4.69, 9.17) is 15.2 Å². The van der Waals surface area contributed by atoms with Gasteiger partial charge in [0.15, 0.2) is 0 Å². The molecule has 2 aromatic heterocycles. The van der Waals surface area contributed by atoms with Crippen LogP contribution in [0.2, 0.25) is 0 Å². The molecule has 0 spiro atoms. The molecule has 0 bridgehead atoms. The molecule has 0 aliphatic carbocycles. The van der Waals surface area contributed by atoms with E-state index in [9.17, 15) is 9.59 Å². The van der Waals surface area contributed by atoms with Crippen molar-refractivity contribution in [1.29, 1.82) is 0 Å². The van der Waals surface area contributed by atoms with Crippen molar-refractivity contribution >= 4 is 39.8 Å². The molecule has 0 saturated carbocycles. The van der Waals surface area contributed by atoms with E-state index in [1.807, 2.05) is 26.8 Å². The van der Waals surface area contributed by atoms with Crippen molar-refractivity contribution in [2.24, 2.45) is 5.73 Å². The Bertz CT molecular complexity index is 1140. The molecule has 3 aromatic rings. The molecule has 1 aromatic carbocycles. The van der Waals surface area contributed by atoms with Gasteiger partial charge in [0.25, 0.3) is 0 Å². The van der Waals surface area contributed by atoms with E-state index in [0.717, 1.165) is 22.1 Å². The summed E-state index contributed by atoms with van der Waals surface area (Å²) in [4.78, 5) is 37.7. The number of benzene rings is 1. The number of primary amides is 1. The second kappa shape index (κ2) is 8.03. The Hall–Kier alpha value is -3.40. The summed E-state index contributed by atoms with van der Waals surface area (Å²) in [6.07, 6.45) is 0.823. The predicted octanol–water partition coefficient (Wildman–Crippen LogP) is 1.94. The quantitative estimate of drug-likeness (QED) is 0.580. The number of H-pyrrole nitrogens is 1.